The summed E-state index contributed by atoms with van der Waals surface area (Å²) in [6.07, 6.45) is 3.67. The highest BCUT2D eigenvalue weighted by atomic mass is 32.1. The van der Waals surface area contributed by atoms with Gasteiger partial charge in [0.1, 0.15) is 12.4 Å². The summed E-state index contributed by atoms with van der Waals surface area (Å²) in [7, 11) is 1.54. The van der Waals surface area contributed by atoms with Gasteiger partial charge in [-0.3, -0.25) is 4.79 Å². The van der Waals surface area contributed by atoms with Crippen molar-refractivity contribution < 1.29 is 9.53 Å². The Labute approximate surface area is 133 Å². The monoisotopic (exact) mass is 318 g/mol. The Morgan fingerprint density at radius 2 is 2.45 bits per heavy atom. The molecule has 0 bridgehead atoms. The first-order chi connectivity index (χ1) is 10.8. The summed E-state index contributed by atoms with van der Waals surface area (Å²) >= 11 is 1.52. The minimum absolute atomic E-state index is 0.0186. The number of pyridine rings is 1. The second-order valence-corrected chi connectivity index (χ2v) is 5.98. The normalized spacial score (nSPS) is 17.7. The predicted octanol–water partition coefficient (Wildman–Crippen LogP) is 2.59. The molecule has 0 aliphatic carbocycles. The van der Waals surface area contributed by atoms with E-state index in [1.807, 2.05) is 28.5 Å². The summed E-state index contributed by atoms with van der Waals surface area (Å²) in [5.74, 6) is 0.767. The molecule has 2 aromatic rings. The summed E-state index contributed by atoms with van der Waals surface area (Å²) in [4.78, 5) is 22.8. The van der Waals surface area contributed by atoms with Gasteiger partial charge in [0.05, 0.1) is 11.7 Å². The minimum Gasteiger partial charge on any atom is -0.375 e. The lowest BCUT2D eigenvalue weighted by Crippen LogP contribution is -2.33. The summed E-state index contributed by atoms with van der Waals surface area (Å²) in [5.41, 5.74) is 0.906. The third-order valence-electron chi connectivity index (χ3n) is 3.62. The van der Waals surface area contributed by atoms with Gasteiger partial charge in [0.2, 0.25) is 5.91 Å². The number of ether oxygens (including phenoxy) is 1. The Bertz CT molecular complexity index is 632. The zero-order valence-electron chi connectivity index (χ0n) is 12.4. The smallest absolute Gasteiger partial charge is 0.249 e. The molecular formula is C15H18N4O2S. The predicted molar refractivity (Wildman–Crippen MR) is 85.2 cm³/mol. The van der Waals surface area contributed by atoms with Gasteiger partial charge in [0.25, 0.3) is 0 Å². The van der Waals surface area contributed by atoms with Crippen molar-refractivity contribution in [3.8, 4) is 0 Å². The number of likely N-dealkylation sites (tertiary alicyclic amines) is 1. The van der Waals surface area contributed by atoms with Crippen LogP contribution >= 0.6 is 11.3 Å². The van der Waals surface area contributed by atoms with Crippen molar-refractivity contribution in [3.63, 3.8) is 0 Å². The molecule has 1 amide bonds. The van der Waals surface area contributed by atoms with E-state index in [-0.39, 0.29) is 18.6 Å². The van der Waals surface area contributed by atoms with E-state index >= 15 is 0 Å². The molecule has 1 fully saturated rings. The molecule has 116 valence electrons. The van der Waals surface area contributed by atoms with Gasteiger partial charge >= 0.3 is 0 Å². The van der Waals surface area contributed by atoms with Crippen molar-refractivity contribution in [1.29, 1.82) is 0 Å². The van der Waals surface area contributed by atoms with E-state index in [1.165, 1.54) is 11.3 Å². The fraction of sp³-hybridized carbons (Fsp3) is 0.400. The number of amides is 1. The van der Waals surface area contributed by atoms with Crippen molar-refractivity contribution in [1.82, 2.24) is 14.9 Å². The van der Waals surface area contributed by atoms with E-state index in [2.05, 4.69) is 15.3 Å². The third-order valence-corrected chi connectivity index (χ3v) is 4.31. The first kappa shape index (κ1) is 14.9. The molecule has 0 saturated carbocycles. The summed E-state index contributed by atoms with van der Waals surface area (Å²) < 4.78 is 4.96. The number of anilines is 2. The molecule has 3 rings (SSSR count). The molecule has 3 heterocycles. The number of aromatic nitrogens is 2. The van der Waals surface area contributed by atoms with Crippen LogP contribution in [0.1, 0.15) is 24.6 Å². The van der Waals surface area contributed by atoms with Gasteiger partial charge in [-0.05, 0) is 25.0 Å². The highest BCUT2D eigenvalue weighted by Crippen LogP contribution is 2.31. The van der Waals surface area contributed by atoms with Gasteiger partial charge < -0.3 is 15.0 Å². The summed E-state index contributed by atoms with van der Waals surface area (Å²) in [6, 6.07) is 5.85. The van der Waals surface area contributed by atoms with Crippen LogP contribution in [0.3, 0.4) is 0 Å². The summed E-state index contributed by atoms with van der Waals surface area (Å²) in [6.45, 7) is 0.881. The van der Waals surface area contributed by atoms with Crippen molar-refractivity contribution in [3.05, 3.63) is 35.5 Å². The van der Waals surface area contributed by atoms with Crippen LogP contribution < -0.4 is 5.32 Å². The quantitative estimate of drug-likeness (QED) is 0.918. The van der Waals surface area contributed by atoms with Gasteiger partial charge in [-0.1, -0.05) is 6.07 Å². The maximum absolute atomic E-state index is 12.1. The molecule has 1 atom stereocenters. The number of hydrogen-bond donors (Lipinski definition) is 1. The van der Waals surface area contributed by atoms with Crippen LogP contribution in [0.5, 0.6) is 0 Å². The van der Waals surface area contributed by atoms with Crippen molar-refractivity contribution in [2.45, 2.75) is 18.9 Å². The number of carbonyl (C=O) groups is 1. The largest absolute Gasteiger partial charge is 0.375 e. The van der Waals surface area contributed by atoms with E-state index in [1.54, 1.807) is 13.3 Å². The molecule has 0 unspecified atom stereocenters. The number of nitrogens with one attached hydrogen (secondary N) is 1. The maximum Gasteiger partial charge on any atom is 0.249 e. The van der Waals surface area contributed by atoms with Crippen LogP contribution in [0.4, 0.5) is 10.9 Å². The van der Waals surface area contributed by atoms with E-state index in [4.69, 9.17) is 4.74 Å². The Balaban J connectivity index is 1.77. The number of hydrogen-bond acceptors (Lipinski definition) is 6. The average molecular weight is 318 g/mol. The van der Waals surface area contributed by atoms with Crippen LogP contribution in [-0.4, -0.2) is 41.0 Å². The zero-order chi connectivity index (χ0) is 15.4. The first-order valence-electron chi connectivity index (χ1n) is 7.20. The number of rotatable bonds is 5. The lowest BCUT2D eigenvalue weighted by atomic mass is 10.1. The van der Waals surface area contributed by atoms with Gasteiger partial charge in [0, 0.05) is 25.2 Å². The number of thiazole rings is 1. The second kappa shape index (κ2) is 6.85. The Kier molecular flexibility index (Phi) is 4.65. The van der Waals surface area contributed by atoms with Crippen molar-refractivity contribution in [2.75, 3.05) is 25.6 Å². The van der Waals surface area contributed by atoms with Crippen LogP contribution in [0.15, 0.2) is 29.8 Å². The van der Waals surface area contributed by atoms with Crippen LogP contribution in [0, 0.1) is 0 Å². The number of carbonyl (C=O) groups excluding carboxylic acids is 1. The van der Waals surface area contributed by atoms with Gasteiger partial charge in [-0.2, -0.15) is 0 Å². The SMILES string of the molecule is COCC(=O)N1CCC[C@H]1c1cccc(Nc2nccs2)n1. The lowest BCUT2D eigenvalue weighted by Gasteiger charge is -2.24. The molecule has 1 saturated heterocycles. The average Bonchev–Trinajstić information content (AvgIpc) is 3.19. The highest BCUT2D eigenvalue weighted by molar-refractivity contribution is 7.13. The fourth-order valence-corrected chi connectivity index (χ4v) is 3.22. The molecular weight excluding hydrogens is 300 g/mol. The van der Waals surface area contributed by atoms with Crippen molar-refractivity contribution in [2.24, 2.45) is 0 Å². The number of methoxy groups -OCH3 is 1. The lowest BCUT2D eigenvalue weighted by molar-refractivity contribution is -0.136. The Hall–Kier alpha value is -1.99. The Morgan fingerprint density at radius 3 is 3.23 bits per heavy atom. The first-order valence-corrected chi connectivity index (χ1v) is 8.08. The zero-order valence-corrected chi connectivity index (χ0v) is 13.2. The molecule has 2 aromatic heterocycles. The third kappa shape index (κ3) is 3.26. The van der Waals surface area contributed by atoms with Gasteiger partial charge in [-0.25, -0.2) is 9.97 Å². The maximum atomic E-state index is 12.1. The second-order valence-electron chi connectivity index (χ2n) is 5.09. The molecule has 7 heteroatoms. The molecule has 1 aliphatic rings. The molecule has 0 aromatic carbocycles. The molecule has 6 nitrogen and oxygen atoms in total. The minimum atomic E-state index is 0.0186. The van der Waals surface area contributed by atoms with Gasteiger partial charge in [0.15, 0.2) is 5.13 Å². The standard InChI is InChI=1S/C15H18N4O2S/c1-21-10-14(20)19-8-3-5-12(19)11-4-2-6-13(17-11)18-15-16-7-9-22-15/h2,4,6-7,9,12H,3,5,8,10H2,1H3,(H,16,17,18)/t12-/m0/s1. The molecule has 0 radical (unpaired) electrons. The van der Waals surface area contributed by atoms with E-state index in [0.717, 1.165) is 36.0 Å². The van der Waals surface area contributed by atoms with Crippen LogP contribution in [0.25, 0.3) is 0 Å². The molecule has 22 heavy (non-hydrogen) atoms. The number of nitrogens with zero attached hydrogens (tertiary/aromatic N) is 3. The summed E-state index contributed by atoms with van der Waals surface area (Å²) in [5, 5.41) is 5.90. The van der Waals surface area contributed by atoms with Crippen LogP contribution in [0.2, 0.25) is 0 Å². The van der Waals surface area contributed by atoms with E-state index in [0.29, 0.717) is 0 Å². The van der Waals surface area contributed by atoms with E-state index in [9.17, 15) is 4.79 Å². The molecule has 1 N–H and O–H groups in total. The van der Waals surface area contributed by atoms with Gasteiger partial charge in [-0.15, -0.1) is 11.3 Å². The highest BCUT2D eigenvalue weighted by Gasteiger charge is 2.30. The fourth-order valence-electron chi connectivity index (χ4n) is 2.68. The van der Waals surface area contributed by atoms with Crippen LogP contribution in [-0.2, 0) is 9.53 Å². The molecule has 0 spiro atoms. The molecule has 1 aliphatic heterocycles. The topological polar surface area (TPSA) is 67.3 Å². The van der Waals surface area contributed by atoms with Crippen molar-refractivity contribution >= 4 is 28.2 Å². The van der Waals surface area contributed by atoms with E-state index < -0.39 is 0 Å². The Morgan fingerprint density at radius 1 is 1.55 bits per heavy atom.